The fraction of sp³-hybridized carbons (Fsp3) is 0.389. The second-order valence-corrected chi connectivity index (χ2v) is 11.1. The van der Waals surface area contributed by atoms with Crippen LogP contribution in [0.4, 0.5) is 11.4 Å². The predicted molar refractivity (Wildman–Crippen MR) is 175 cm³/mol. The van der Waals surface area contributed by atoms with Gasteiger partial charge in [0.1, 0.15) is 11.5 Å². The summed E-state index contributed by atoms with van der Waals surface area (Å²) >= 11 is 0. The molecule has 3 aromatic rings. The van der Waals surface area contributed by atoms with Gasteiger partial charge in [0.25, 0.3) is 0 Å². The molecule has 0 fully saturated rings. The number of aliphatic carboxylic acids is 2. The summed E-state index contributed by atoms with van der Waals surface area (Å²) < 4.78 is 0. The average Bonchev–Trinajstić information content (AvgIpc) is 2.93. The van der Waals surface area contributed by atoms with Gasteiger partial charge >= 0.3 is 16.8 Å². The molecule has 3 aromatic carbocycles. The molecule has 0 spiro atoms. The van der Waals surface area contributed by atoms with E-state index in [1.54, 1.807) is 12.4 Å². The number of hydrogen-bond donors (Lipinski definition) is 2. The number of benzene rings is 3. The quantitative estimate of drug-likeness (QED) is 0.245. The number of aromatic hydroxyl groups is 2. The molecule has 0 bridgehead atoms. The van der Waals surface area contributed by atoms with Crippen LogP contribution in [0.15, 0.2) is 58.5 Å². The maximum atomic E-state index is 10.8. The van der Waals surface area contributed by atoms with Gasteiger partial charge in [-0.05, 0) is 97.2 Å². The number of carboxylic acids is 2. The molecule has 0 aliphatic carbocycles. The molecule has 245 valence electrons. The molecule has 9 heteroatoms. The van der Waals surface area contributed by atoms with Gasteiger partial charge in [-0.25, -0.2) is 0 Å². The minimum Gasteiger partial charge on any atom is -0.550 e. The third-order valence-electron chi connectivity index (χ3n) is 6.33. The minimum absolute atomic E-state index is 0. The fourth-order valence-electron chi connectivity index (χ4n) is 4.35. The van der Waals surface area contributed by atoms with E-state index in [4.69, 9.17) is 19.8 Å². The normalized spacial score (nSPS) is 10.7. The molecule has 2 N–H and O–H groups in total. The molecule has 0 atom stereocenters. The molecular formula is C36H46CoN2O6. The smallest absolute Gasteiger partial charge is 0.550 e. The largest absolute Gasteiger partial charge is 2.00 e. The number of carbonyl (C=O) groups excluding carboxylic acids is 2. The van der Waals surface area contributed by atoms with E-state index in [9.17, 15) is 10.2 Å². The van der Waals surface area contributed by atoms with Crippen molar-refractivity contribution in [3.05, 3.63) is 81.9 Å². The van der Waals surface area contributed by atoms with Gasteiger partial charge in [-0.1, -0.05) is 66.5 Å². The fourth-order valence-corrected chi connectivity index (χ4v) is 4.35. The van der Waals surface area contributed by atoms with Crippen molar-refractivity contribution in [3.8, 4) is 11.5 Å². The van der Waals surface area contributed by atoms with Crippen molar-refractivity contribution in [2.24, 2.45) is 9.98 Å². The van der Waals surface area contributed by atoms with Gasteiger partial charge in [0, 0.05) is 35.5 Å². The van der Waals surface area contributed by atoms with E-state index in [0.717, 1.165) is 73.2 Å². The van der Waals surface area contributed by atoms with Crippen LogP contribution in [0.3, 0.4) is 0 Å². The van der Waals surface area contributed by atoms with Crippen LogP contribution in [0.2, 0.25) is 0 Å². The summed E-state index contributed by atoms with van der Waals surface area (Å²) in [6.45, 7) is 14.6. The molecule has 0 saturated carbocycles. The molecule has 0 heterocycles. The Balaban J connectivity index is 0.00000192. The van der Waals surface area contributed by atoms with Crippen LogP contribution >= 0.6 is 0 Å². The first-order valence-corrected chi connectivity index (χ1v) is 14.9. The molecule has 0 unspecified atom stereocenters. The van der Waals surface area contributed by atoms with Crippen LogP contribution in [0.25, 0.3) is 0 Å². The standard InChI is InChI=1S/C32H40N2O2.2C2H4O2.Co/c1-7-9-23-15-25(31(35)29(17-23)21(3)4)19-33-27-11-13-28(14-12-27)34-20-26-16-24(10-8-2)18-30(22(5)6)32(26)36;2*1-2(3)4;/h11-22,35-36H,7-10H2,1-6H3;2*1H3,(H,3,4);/q;;;+2/p-2. The van der Waals surface area contributed by atoms with E-state index in [1.807, 2.05) is 36.4 Å². The van der Waals surface area contributed by atoms with E-state index in [1.165, 1.54) is 11.1 Å². The van der Waals surface area contributed by atoms with Gasteiger partial charge in [-0.3, -0.25) is 9.98 Å². The van der Waals surface area contributed by atoms with E-state index >= 15 is 0 Å². The summed E-state index contributed by atoms with van der Waals surface area (Å²) in [4.78, 5) is 27.0. The molecule has 1 radical (unpaired) electrons. The number of carboxylic acid groups (broad SMARTS) is 2. The van der Waals surface area contributed by atoms with Crippen LogP contribution in [0.1, 0.15) is 113 Å². The third kappa shape index (κ3) is 15.1. The average molecular weight is 662 g/mol. The second kappa shape index (κ2) is 20.9. The third-order valence-corrected chi connectivity index (χ3v) is 6.33. The van der Waals surface area contributed by atoms with Crippen molar-refractivity contribution in [2.45, 2.75) is 92.9 Å². The number of aliphatic imine (C=N–C) groups is 2. The number of phenolic OH excluding ortho intramolecular Hbond substituents is 2. The van der Waals surface area contributed by atoms with Gasteiger partial charge < -0.3 is 30.0 Å². The number of hydrogen-bond acceptors (Lipinski definition) is 8. The monoisotopic (exact) mass is 661 g/mol. The van der Waals surface area contributed by atoms with E-state index in [-0.39, 0.29) is 28.6 Å². The Kier molecular flexibility index (Phi) is 19.1. The van der Waals surface area contributed by atoms with E-state index < -0.39 is 11.9 Å². The van der Waals surface area contributed by atoms with Gasteiger partial charge in [0.2, 0.25) is 0 Å². The molecule has 45 heavy (non-hydrogen) atoms. The maximum absolute atomic E-state index is 10.8. The Hall–Kier alpha value is -3.95. The number of rotatable bonds is 10. The molecule has 0 saturated heterocycles. The van der Waals surface area contributed by atoms with Crippen molar-refractivity contribution in [1.29, 1.82) is 0 Å². The first-order valence-electron chi connectivity index (χ1n) is 14.9. The van der Waals surface area contributed by atoms with E-state index in [0.29, 0.717) is 11.5 Å². The summed E-state index contributed by atoms with van der Waals surface area (Å²) in [5, 5.41) is 39.3. The summed E-state index contributed by atoms with van der Waals surface area (Å²) in [6.07, 6.45) is 7.54. The van der Waals surface area contributed by atoms with Crippen molar-refractivity contribution in [2.75, 3.05) is 0 Å². The van der Waals surface area contributed by atoms with Crippen molar-refractivity contribution < 1.29 is 46.8 Å². The molecule has 0 aromatic heterocycles. The van der Waals surface area contributed by atoms with Gasteiger partial charge in [-0.2, -0.15) is 0 Å². The Morgan fingerprint density at radius 2 is 0.978 bits per heavy atom. The van der Waals surface area contributed by atoms with Crippen LogP contribution in [-0.4, -0.2) is 34.6 Å². The second-order valence-electron chi connectivity index (χ2n) is 11.1. The molecule has 3 rings (SSSR count). The van der Waals surface area contributed by atoms with Crippen LogP contribution < -0.4 is 10.2 Å². The van der Waals surface area contributed by atoms with Crippen molar-refractivity contribution in [1.82, 2.24) is 0 Å². The number of carbonyl (C=O) groups is 2. The zero-order valence-electron chi connectivity index (χ0n) is 27.5. The first kappa shape index (κ1) is 41.0. The van der Waals surface area contributed by atoms with Gasteiger partial charge in [-0.15, -0.1) is 0 Å². The number of phenols is 2. The molecule has 8 nitrogen and oxygen atoms in total. The summed E-state index contributed by atoms with van der Waals surface area (Å²) in [6, 6.07) is 15.9. The topological polar surface area (TPSA) is 145 Å². The molecular weight excluding hydrogens is 615 g/mol. The van der Waals surface area contributed by atoms with Crippen LogP contribution in [-0.2, 0) is 39.2 Å². The molecule has 0 aliphatic rings. The Morgan fingerprint density at radius 1 is 0.689 bits per heavy atom. The van der Waals surface area contributed by atoms with Gasteiger partial charge in [0.15, 0.2) is 0 Å². The SMILES string of the molecule is CC(=O)[O-].CC(=O)[O-].CCCc1cc(C=Nc2ccc(N=Cc3cc(CCC)cc(C(C)C)c3O)cc2)c(O)c(C(C)C)c1.[Co+2]. The van der Waals surface area contributed by atoms with Crippen LogP contribution in [0.5, 0.6) is 11.5 Å². The Labute approximate surface area is 278 Å². The molecule has 0 amide bonds. The minimum atomic E-state index is -1.08. The number of aryl methyl sites for hydroxylation is 2. The molecule has 0 aliphatic heterocycles. The van der Waals surface area contributed by atoms with Crippen LogP contribution in [0, 0.1) is 0 Å². The van der Waals surface area contributed by atoms with E-state index in [2.05, 4.69) is 63.7 Å². The number of nitrogens with zero attached hydrogens (tertiary/aromatic N) is 2. The maximum Gasteiger partial charge on any atom is 2.00 e. The summed E-state index contributed by atoms with van der Waals surface area (Å²) in [7, 11) is 0. The zero-order valence-corrected chi connectivity index (χ0v) is 28.6. The summed E-state index contributed by atoms with van der Waals surface area (Å²) in [5.41, 5.74) is 7.42. The Morgan fingerprint density at radius 3 is 1.22 bits per heavy atom. The summed E-state index contributed by atoms with van der Waals surface area (Å²) in [5.74, 6) is -1.07. The predicted octanol–water partition coefficient (Wildman–Crippen LogP) is 6.26. The van der Waals surface area contributed by atoms with Crippen molar-refractivity contribution in [3.63, 3.8) is 0 Å². The first-order chi connectivity index (χ1) is 20.7. The Bertz CT molecular complexity index is 1310. The van der Waals surface area contributed by atoms with Crippen molar-refractivity contribution >= 4 is 35.7 Å². The zero-order chi connectivity index (χ0) is 33.4. The van der Waals surface area contributed by atoms with Gasteiger partial charge in [0.05, 0.1) is 11.4 Å².